The third kappa shape index (κ3) is 334. The Balaban J connectivity index is -0.0000000683. The van der Waals surface area contributed by atoms with Crippen molar-refractivity contribution in [2.24, 2.45) is 70.1 Å². The van der Waals surface area contributed by atoms with Gasteiger partial charge in [0.1, 0.15) is 6.26 Å². The predicted octanol–water partition coefficient (Wildman–Crippen LogP) is 24.6. The van der Waals surface area contributed by atoms with Gasteiger partial charge in [-0.2, -0.15) is 26.7 Å². The van der Waals surface area contributed by atoms with Crippen LogP contribution in [0.1, 0.15) is 254 Å². The average Bonchev–Trinajstić information content (AvgIpc) is 4.12. The molecule has 0 radical (unpaired) electrons. The van der Waals surface area contributed by atoms with Crippen molar-refractivity contribution < 1.29 is 8.94 Å². The van der Waals surface area contributed by atoms with Gasteiger partial charge < -0.3 is 8.94 Å². The number of aromatic amines is 1. The molecule has 8 nitrogen and oxygen atoms in total. The van der Waals surface area contributed by atoms with Crippen LogP contribution in [0.2, 0.25) is 0 Å². The molecule has 1 aliphatic heterocycles. The molecule has 0 fully saturated rings. The molecule has 5 aromatic heterocycles. The minimum atomic E-state index is 0.480. The fourth-order valence-electron chi connectivity index (χ4n) is 1.73. The van der Waals surface area contributed by atoms with Crippen molar-refractivity contribution in [2.45, 2.75) is 248 Å². The number of H-pyrrole nitrogens is 1. The van der Waals surface area contributed by atoms with Gasteiger partial charge in [0.2, 0.25) is 0 Å². The lowest BCUT2D eigenvalue weighted by Crippen LogP contribution is -1.85. The molecule has 0 spiro atoms. The summed E-state index contributed by atoms with van der Waals surface area (Å²) in [4.78, 5) is 7.63. The minimum absolute atomic E-state index is 0.480. The number of furan rings is 1. The van der Waals surface area contributed by atoms with Gasteiger partial charge in [-0.15, -0.1) is 0 Å². The van der Waals surface area contributed by atoms with Crippen LogP contribution < -0.4 is 0 Å². The summed E-state index contributed by atoms with van der Waals surface area (Å²) in [5.74, 6) is 9.65. The standard InChI is InChI=1S/C5H9N3.C5H5N.C4H5N.C4H4O.C4H4S.11C4H10.C3H3NO/c1-4(2)5-3-6-8-7-5;1-2-4-6-5-3-1;3*1-2-4-5-3-1;11*1-4(2)3;1-2-4-5-3-1/h3-4H,1-2H3,(H,6,7,8);1-5H;1-3H,4H2;2*1-4H;11*4H,1-3H3;1-3H. The van der Waals surface area contributed by atoms with Crippen molar-refractivity contribution in [1.82, 2.24) is 25.6 Å². The second-order valence-corrected chi connectivity index (χ2v) is 26.2. The molecule has 0 aromatic carbocycles. The number of allylic oxidation sites excluding steroid dienone is 1. The Morgan fingerprint density at radius 2 is 0.731 bits per heavy atom. The van der Waals surface area contributed by atoms with E-state index in [1.165, 1.54) is 6.26 Å². The molecule has 0 saturated heterocycles. The number of nitrogens with zero attached hydrogens (tertiary/aromatic N) is 5. The molecular weight excluding hydrogens is 977 g/mol. The molecule has 0 aliphatic carbocycles. The summed E-state index contributed by atoms with van der Waals surface area (Å²) in [6.45, 7) is 76.6. The first-order chi connectivity index (χ1) is 35.9. The Kier molecular flexibility index (Phi) is 114. The van der Waals surface area contributed by atoms with Crippen molar-refractivity contribution in [1.29, 1.82) is 0 Å². The van der Waals surface area contributed by atoms with Crippen molar-refractivity contribution in [2.75, 3.05) is 6.54 Å². The molecule has 0 bridgehead atoms. The van der Waals surface area contributed by atoms with E-state index in [0.29, 0.717) is 5.92 Å². The van der Waals surface area contributed by atoms with Crippen molar-refractivity contribution in [3.05, 3.63) is 121 Å². The van der Waals surface area contributed by atoms with E-state index < -0.39 is 0 Å². The molecule has 78 heavy (non-hydrogen) atoms. The van der Waals surface area contributed by atoms with Gasteiger partial charge in [-0.05, 0) is 118 Å². The predicted molar refractivity (Wildman–Crippen MR) is 362 cm³/mol. The maximum absolute atomic E-state index is 4.58. The van der Waals surface area contributed by atoms with Gasteiger partial charge in [0, 0.05) is 18.6 Å². The Bertz CT molecular complexity index is 1230. The topological polar surface area (TPSA) is 106 Å². The molecule has 1 N–H and O–H groups in total. The number of thiophene rings is 1. The van der Waals surface area contributed by atoms with E-state index in [0.717, 1.165) is 77.3 Å². The summed E-state index contributed by atoms with van der Waals surface area (Å²) in [7, 11) is 0. The van der Waals surface area contributed by atoms with E-state index in [4.69, 9.17) is 0 Å². The first kappa shape index (κ1) is 99.3. The van der Waals surface area contributed by atoms with Gasteiger partial charge >= 0.3 is 0 Å². The Labute approximate surface area is 495 Å². The van der Waals surface area contributed by atoms with Crippen molar-refractivity contribution in [3.8, 4) is 0 Å². The van der Waals surface area contributed by atoms with Gasteiger partial charge in [0.15, 0.2) is 0 Å². The normalized spacial score (nSPS) is 9.42. The Hall–Kier alpha value is -4.11. The number of pyridine rings is 1. The number of nitrogens with one attached hydrogen (secondary N) is 1. The Morgan fingerprint density at radius 3 is 0.821 bits per heavy atom. The van der Waals surface area contributed by atoms with Crippen molar-refractivity contribution >= 4 is 17.6 Å². The van der Waals surface area contributed by atoms with E-state index in [1.54, 1.807) is 60.9 Å². The Morgan fingerprint density at radius 1 is 0.397 bits per heavy atom. The average molecular weight is 1120 g/mol. The molecule has 464 valence electrons. The molecular formula is C69H140N6O2S. The smallest absolute Gasteiger partial charge is 0.123 e. The molecule has 9 heteroatoms. The maximum Gasteiger partial charge on any atom is 0.123 e. The van der Waals surface area contributed by atoms with Crippen LogP contribution in [0.4, 0.5) is 0 Å². The van der Waals surface area contributed by atoms with E-state index >= 15 is 0 Å². The molecule has 0 amide bonds. The quantitative estimate of drug-likeness (QED) is 0.179. The number of aromatic nitrogens is 5. The molecule has 6 rings (SSSR count). The van der Waals surface area contributed by atoms with Crippen LogP contribution in [0.25, 0.3) is 0 Å². The second kappa shape index (κ2) is 89.5. The molecule has 0 atom stereocenters. The van der Waals surface area contributed by atoms with Gasteiger partial charge in [-0.3, -0.25) is 9.98 Å². The van der Waals surface area contributed by atoms with Gasteiger partial charge in [0.25, 0.3) is 0 Å². The molecule has 6 heterocycles. The zero-order valence-corrected chi connectivity index (χ0v) is 59.5. The van der Waals surface area contributed by atoms with Crippen LogP contribution >= 0.6 is 11.3 Å². The van der Waals surface area contributed by atoms with Gasteiger partial charge in [-0.1, -0.05) is 272 Å². The summed E-state index contributed by atoms with van der Waals surface area (Å²) in [6.07, 6.45) is 17.4. The number of hydrogen-bond acceptors (Lipinski definition) is 8. The molecule has 5 aromatic rings. The van der Waals surface area contributed by atoms with Crippen LogP contribution in [0.3, 0.4) is 0 Å². The maximum atomic E-state index is 4.58. The highest BCUT2D eigenvalue weighted by Gasteiger charge is 1.98. The van der Waals surface area contributed by atoms with E-state index in [9.17, 15) is 0 Å². The highest BCUT2D eigenvalue weighted by Crippen LogP contribution is 2.06. The summed E-state index contributed by atoms with van der Waals surface area (Å²) >= 11 is 1.71. The fraction of sp³-hybridized carbons (Fsp3) is 0.696. The van der Waals surface area contributed by atoms with Crippen LogP contribution in [-0.4, -0.2) is 38.3 Å². The molecule has 1 aliphatic rings. The summed E-state index contributed by atoms with van der Waals surface area (Å²) in [5.41, 5.74) is 1.02. The first-order valence-electron chi connectivity index (χ1n) is 29.5. The monoisotopic (exact) mass is 1120 g/mol. The van der Waals surface area contributed by atoms with Crippen molar-refractivity contribution in [3.63, 3.8) is 0 Å². The van der Waals surface area contributed by atoms with Crippen LogP contribution in [0.5, 0.6) is 0 Å². The third-order valence-corrected chi connectivity index (χ3v) is 3.96. The lowest BCUT2D eigenvalue weighted by atomic mass is 10.2. The summed E-state index contributed by atoms with van der Waals surface area (Å²) in [6, 6.07) is 15.1. The lowest BCUT2D eigenvalue weighted by molar-refractivity contribution is 0.420. The number of hydrogen-bond donors (Lipinski definition) is 1. The van der Waals surface area contributed by atoms with Gasteiger partial charge in [-0.25, -0.2) is 0 Å². The van der Waals surface area contributed by atoms with Crippen LogP contribution in [0.15, 0.2) is 129 Å². The van der Waals surface area contributed by atoms with E-state index in [-0.39, 0.29) is 0 Å². The highest BCUT2D eigenvalue weighted by molar-refractivity contribution is 7.07. The highest BCUT2D eigenvalue weighted by atomic mass is 32.1. The van der Waals surface area contributed by atoms with Crippen LogP contribution in [-0.2, 0) is 0 Å². The number of rotatable bonds is 1. The molecule has 0 saturated carbocycles. The fourth-order valence-corrected chi connectivity index (χ4v) is 2.19. The minimum Gasteiger partial charge on any atom is -0.473 e. The summed E-state index contributed by atoms with van der Waals surface area (Å²) in [5, 5.41) is 17.5. The number of aliphatic imine (C=N–C) groups is 1. The van der Waals surface area contributed by atoms with E-state index in [1.807, 2.05) is 65.4 Å². The second-order valence-electron chi connectivity index (χ2n) is 25.3. The third-order valence-electron chi connectivity index (χ3n) is 3.33. The zero-order chi connectivity index (χ0) is 63.7. The lowest BCUT2D eigenvalue weighted by Gasteiger charge is -1.92. The SMILES string of the molecule is C1=CCN=C1.CC(C)C.CC(C)C.CC(C)C.CC(C)C.CC(C)C.CC(C)C.CC(C)C.CC(C)C.CC(C)C.CC(C)C.CC(C)C.CC(C)c1cn[nH]n1.c1ccncc1.c1ccoc1.c1ccsc1.c1cnoc1. The van der Waals surface area contributed by atoms with Crippen LogP contribution in [0, 0.1) is 65.1 Å². The largest absolute Gasteiger partial charge is 0.473 e. The zero-order valence-electron chi connectivity index (χ0n) is 58.6. The summed E-state index contributed by atoms with van der Waals surface area (Å²) < 4.78 is 8.92. The van der Waals surface area contributed by atoms with E-state index in [2.05, 4.69) is 282 Å². The molecule has 0 unspecified atom stereocenters. The first-order valence-corrected chi connectivity index (χ1v) is 30.4. The van der Waals surface area contributed by atoms with Gasteiger partial charge in [0.05, 0.1) is 37.2 Å².